The van der Waals surface area contributed by atoms with E-state index in [1.165, 1.54) is 64.2 Å². The Morgan fingerprint density at radius 2 is 0.500 bits per heavy atom. The number of carbonyl (C=O) groups is 4. The quantitative estimate of drug-likeness (QED) is 0.0169. The standard InChI is InChI=1S/C85H140O17P2/c1-5-9-13-17-21-25-29-33-37-38-39-40-44-46-50-54-58-62-66-70-83(88)96-76-81(102-85(90)72-68-64-60-56-52-48-43-36-32-28-24-20-16-12-8-4)78-100-104(93,94)98-74-79(86)73-97-103(91,92)99-77-80(101-84(89)71-67-63-59-55-51-47-42-35-31-27-23-19-15-11-7-3)75-95-82(87)69-65-61-57-53-49-45-41-34-30-26-22-18-14-10-6-2/h9-10,12-14,16,21-22,24-26,28,33-34,36-37,39-41,43,46,49-50,52-53,56,79-81,86H,5-8,11,15,17-20,23,27,29-32,35,38,42,44-45,47-48,51,54-55,57-78H2,1-4H3,(H,91,92)(H,93,94)/b13-9-,14-10-,16-12-,25-21-,26-22-,28-24-,37-33-,40-39-,41-34-,43-36-,50-46-,53-49-,56-52-. The topological polar surface area (TPSA) is 237 Å². The highest BCUT2D eigenvalue weighted by molar-refractivity contribution is 7.47. The molecule has 0 amide bonds. The van der Waals surface area contributed by atoms with Gasteiger partial charge in [0.2, 0.25) is 0 Å². The Morgan fingerprint density at radius 1 is 0.279 bits per heavy atom. The summed E-state index contributed by atoms with van der Waals surface area (Å²) < 4.78 is 68.5. The van der Waals surface area contributed by atoms with Crippen molar-refractivity contribution >= 4 is 39.5 Å². The fraction of sp³-hybridized carbons (Fsp3) is 0.647. The van der Waals surface area contributed by atoms with Crippen molar-refractivity contribution in [1.82, 2.24) is 0 Å². The Morgan fingerprint density at radius 3 is 0.788 bits per heavy atom. The van der Waals surface area contributed by atoms with Gasteiger partial charge in [0, 0.05) is 25.7 Å². The molecule has 0 aliphatic carbocycles. The molecule has 19 heteroatoms. The van der Waals surface area contributed by atoms with Gasteiger partial charge in [0.15, 0.2) is 12.2 Å². The minimum Gasteiger partial charge on any atom is -0.462 e. The number of phosphoric acid groups is 2. The summed E-state index contributed by atoms with van der Waals surface area (Å²) in [5, 5.41) is 10.6. The maximum atomic E-state index is 13.1. The van der Waals surface area contributed by atoms with Crippen molar-refractivity contribution in [3.05, 3.63) is 158 Å². The first-order valence-corrected chi connectivity index (χ1v) is 42.7. The summed E-state index contributed by atoms with van der Waals surface area (Å²) in [6, 6.07) is 0. The monoisotopic (exact) mass is 1490 g/mol. The largest absolute Gasteiger partial charge is 0.472 e. The normalized spacial score (nSPS) is 14.7. The molecule has 0 bridgehead atoms. The van der Waals surface area contributed by atoms with Gasteiger partial charge in [-0.25, -0.2) is 9.13 Å². The molecule has 5 atom stereocenters. The van der Waals surface area contributed by atoms with E-state index in [0.717, 1.165) is 148 Å². The molecule has 0 saturated heterocycles. The molecule has 0 aromatic rings. The van der Waals surface area contributed by atoms with Crippen LogP contribution in [0.15, 0.2) is 158 Å². The molecular weight excluding hydrogens is 1350 g/mol. The smallest absolute Gasteiger partial charge is 0.462 e. The molecule has 0 spiro atoms. The number of aliphatic hydroxyl groups is 1. The van der Waals surface area contributed by atoms with Crippen LogP contribution in [0.1, 0.15) is 297 Å². The Hall–Kier alpha value is -5.32. The molecule has 0 saturated carbocycles. The summed E-state index contributed by atoms with van der Waals surface area (Å²) in [5.41, 5.74) is 0. The first-order chi connectivity index (χ1) is 50.7. The highest BCUT2D eigenvalue weighted by Crippen LogP contribution is 2.45. The SMILES string of the molecule is CC/C=C\C/C=C\C/C=C\C/C=C\C/C=C\CCCCCC(=O)OCC(COP(=O)(O)OCC(O)COP(=O)(O)OCC(COC(=O)CCCC/C=C\C/C=C\C/C=C\C/C=C\CC)OC(=O)CCCCCCCCCCCCCCCCC)OC(=O)CCCC/C=C\C/C=C\C/C=C\C/C=C\CC. The fourth-order valence-electron chi connectivity index (χ4n) is 10.1. The van der Waals surface area contributed by atoms with Gasteiger partial charge < -0.3 is 33.8 Å². The van der Waals surface area contributed by atoms with Crippen LogP contribution in [0.5, 0.6) is 0 Å². The summed E-state index contributed by atoms with van der Waals surface area (Å²) >= 11 is 0. The summed E-state index contributed by atoms with van der Waals surface area (Å²) in [4.78, 5) is 73.0. The molecule has 0 rings (SSSR count). The van der Waals surface area contributed by atoms with Crippen molar-refractivity contribution in [2.24, 2.45) is 0 Å². The number of carbonyl (C=O) groups excluding carboxylic acids is 4. The molecule has 0 aliphatic heterocycles. The highest BCUT2D eigenvalue weighted by Gasteiger charge is 2.30. The van der Waals surface area contributed by atoms with Gasteiger partial charge in [0.25, 0.3) is 0 Å². The number of unbranched alkanes of at least 4 members (excludes halogenated alkanes) is 21. The van der Waals surface area contributed by atoms with Crippen molar-refractivity contribution < 1.29 is 80.2 Å². The van der Waals surface area contributed by atoms with Crippen LogP contribution in [-0.4, -0.2) is 96.7 Å². The number of hydrogen-bond acceptors (Lipinski definition) is 15. The molecule has 0 radical (unpaired) electrons. The second kappa shape index (κ2) is 75.9. The molecule has 0 aromatic carbocycles. The average Bonchev–Trinajstić information content (AvgIpc) is 0.918. The Labute approximate surface area is 629 Å². The highest BCUT2D eigenvalue weighted by atomic mass is 31.2. The van der Waals surface area contributed by atoms with Gasteiger partial charge >= 0.3 is 39.5 Å². The van der Waals surface area contributed by atoms with E-state index in [9.17, 15) is 43.2 Å². The number of ether oxygens (including phenoxy) is 4. The van der Waals surface area contributed by atoms with Crippen molar-refractivity contribution in [3.8, 4) is 0 Å². The predicted molar refractivity (Wildman–Crippen MR) is 427 cm³/mol. The van der Waals surface area contributed by atoms with Crippen LogP contribution in [0.3, 0.4) is 0 Å². The molecule has 0 aromatic heterocycles. The minimum absolute atomic E-state index is 0.0290. The number of allylic oxidation sites excluding steroid dienone is 26. The third kappa shape index (κ3) is 74.9. The van der Waals surface area contributed by atoms with E-state index in [2.05, 4.69) is 186 Å². The van der Waals surface area contributed by atoms with E-state index in [-0.39, 0.29) is 25.7 Å². The number of phosphoric ester groups is 2. The van der Waals surface area contributed by atoms with E-state index in [1.807, 2.05) is 0 Å². The van der Waals surface area contributed by atoms with Crippen molar-refractivity contribution in [1.29, 1.82) is 0 Å². The van der Waals surface area contributed by atoms with Crippen molar-refractivity contribution in [3.63, 3.8) is 0 Å². The Balaban J connectivity index is 5.46. The fourth-order valence-corrected chi connectivity index (χ4v) is 11.6. The van der Waals surface area contributed by atoms with E-state index in [1.54, 1.807) is 0 Å². The first kappa shape index (κ1) is 98.7. The van der Waals surface area contributed by atoms with Gasteiger partial charge in [0.05, 0.1) is 26.4 Å². The number of rotatable bonds is 73. The second-order valence-corrected chi connectivity index (χ2v) is 28.8. The molecule has 3 N–H and O–H groups in total. The van der Waals surface area contributed by atoms with Gasteiger partial charge in [-0.05, 0) is 148 Å². The third-order valence-corrected chi connectivity index (χ3v) is 17.9. The molecule has 104 heavy (non-hydrogen) atoms. The first-order valence-electron chi connectivity index (χ1n) is 39.7. The van der Waals surface area contributed by atoms with Crippen LogP contribution in [-0.2, 0) is 65.4 Å². The summed E-state index contributed by atoms with van der Waals surface area (Å²) in [6.45, 7) is 4.40. The molecule has 5 unspecified atom stereocenters. The maximum absolute atomic E-state index is 13.1. The van der Waals surface area contributed by atoms with Gasteiger partial charge in [-0.2, -0.15) is 0 Å². The van der Waals surface area contributed by atoms with E-state index in [0.29, 0.717) is 32.1 Å². The van der Waals surface area contributed by atoms with E-state index in [4.69, 9.17) is 37.0 Å². The second-order valence-electron chi connectivity index (χ2n) is 25.9. The lowest BCUT2D eigenvalue weighted by Gasteiger charge is -2.21. The Bertz CT molecular complexity index is 2590. The molecule has 0 fully saturated rings. The van der Waals surface area contributed by atoms with E-state index < -0.39 is 97.5 Å². The van der Waals surface area contributed by atoms with Crippen LogP contribution in [0, 0.1) is 0 Å². The number of hydrogen-bond donors (Lipinski definition) is 3. The van der Waals surface area contributed by atoms with Crippen LogP contribution in [0.25, 0.3) is 0 Å². The number of esters is 4. The van der Waals surface area contributed by atoms with Gasteiger partial charge in [-0.15, -0.1) is 0 Å². The minimum atomic E-state index is -5.00. The van der Waals surface area contributed by atoms with Gasteiger partial charge in [-0.3, -0.25) is 37.3 Å². The molecule has 17 nitrogen and oxygen atoms in total. The molecule has 0 heterocycles. The summed E-state index contributed by atoms with van der Waals surface area (Å²) in [6.07, 6.45) is 88.1. The van der Waals surface area contributed by atoms with E-state index >= 15 is 0 Å². The predicted octanol–water partition coefficient (Wildman–Crippen LogP) is 23.2. The molecule has 0 aliphatic rings. The molecular formula is C85H140O17P2. The molecule has 592 valence electrons. The lowest BCUT2D eigenvalue weighted by atomic mass is 10.0. The lowest BCUT2D eigenvalue weighted by molar-refractivity contribution is -0.161. The lowest BCUT2D eigenvalue weighted by Crippen LogP contribution is -2.30. The average molecular weight is 1500 g/mol. The maximum Gasteiger partial charge on any atom is 0.472 e. The third-order valence-electron chi connectivity index (χ3n) is 16.0. The van der Waals surface area contributed by atoms with Crippen LogP contribution in [0.4, 0.5) is 0 Å². The summed E-state index contributed by atoms with van der Waals surface area (Å²) in [7, 11) is -10.00. The zero-order chi connectivity index (χ0) is 76.0. The van der Waals surface area contributed by atoms with Gasteiger partial charge in [0.1, 0.15) is 19.3 Å². The number of aliphatic hydroxyl groups excluding tert-OH is 1. The van der Waals surface area contributed by atoms with Crippen LogP contribution >= 0.6 is 15.6 Å². The zero-order valence-electron chi connectivity index (χ0n) is 64.6. The van der Waals surface area contributed by atoms with Gasteiger partial charge in [-0.1, -0.05) is 282 Å². The van der Waals surface area contributed by atoms with Crippen LogP contribution in [0.2, 0.25) is 0 Å². The summed E-state index contributed by atoms with van der Waals surface area (Å²) in [5.74, 6) is -2.31. The Kier molecular flexibility index (Phi) is 72.0. The zero-order valence-corrected chi connectivity index (χ0v) is 66.4. The van der Waals surface area contributed by atoms with Crippen LogP contribution < -0.4 is 0 Å². The van der Waals surface area contributed by atoms with Crippen molar-refractivity contribution in [2.75, 3.05) is 39.6 Å². The van der Waals surface area contributed by atoms with Crippen molar-refractivity contribution in [2.45, 2.75) is 316 Å².